The molecule has 0 saturated heterocycles. The summed E-state index contributed by atoms with van der Waals surface area (Å²) < 4.78 is 5.08. The zero-order valence-corrected chi connectivity index (χ0v) is 12.3. The molecule has 116 valence electrons. The molecule has 1 aliphatic rings. The second kappa shape index (κ2) is 6.09. The van der Waals surface area contributed by atoms with Crippen LogP contribution in [0.1, 0.15) is 36.5 Å². The summed E-state index contributed by atoms with van der Waals surface area (Å²) in [6.07, 6.45) is 1.65. The van der Waals surface area contributed by atoms with Crippen LogP contribution < -0.4 is 0 Å². The average molecular weight is 303 g/mol. The summed E-state index contributed by atoms with van der Waals surface area (Å²) in [5.41, 5.74) is -0.658. The van der Waals surface area contributed by atoms with E-state index in [9.17, 15) is 19.7 Å². The third-order valence-electron chi connectivity index (χ3n) is 3.99. The van der Waals surface area contributed by atoms with Crippen molar-refractivity contribution in [1.82, 2.24) is 0 Å². The Hall–Kier alpha value is -2.50. The number of hydrogen-bond donors (Lipinski definition) is 0. The van der Waals surface area contributed by atoms with E-state index >= 15 is 0 Å². The van der Waals surface area contributed by atoms with Crippen LogP contribution in [0.25, 0.3) is 0 Å². The molecule has 0 unspecified atom stereocenters. The molecule has 0 N–H and O–H groups in total. The lowest BCUT2D eigenvalue weighted by Crippen LogP contribution is -2.39. The van der Waals surface area contributed by atoms with Crippen LogP contribution in [0.2, 0.25) is 0 Å². The monoisotopic (exact) mass is 303 g/mol. The first-order chi connectivity index (χ1) is 10.4. The number of benzene rings is 1. The van der Waals surface area contributed by atoms with E-state index in [4.69, 9.17) is 4.74 Å². The number of nitro benzene ring substituents is 1. The fourth-order valence-electron chi connectivity index (χ4n) is 2.81. The van der Waals surface area contributed by atoms with Gasteiger partial charge in [0.2, 0.25) is 0 Å². The molecule has 0 aromatic heterocycles. The van der Waals surface area contributed by atoms with Gasteiger partial charge in [0.25, 0.3) is 5.69 Å². The van der Waals surface area contributed by atoms with Crippen LogP contribution in [0, 0.1) is 15.5 Å². The van der Waals surface area contributed by atoms with Gasteiger partial charge in [0.1, 0.15) is 0 Å². The van der Waals surface area contributed by atoms with Crippen LogP contribution in [-0.4, -0.2) is 23.3 Å². The fourth-order valence-corrected chi connectivity index (χ4v) is 2.81. The summed E-state index contributed by atoms with van der Waals surface area (Å²) in [6.45, 7) is 5.74. The van der Waals surface area contributed by atoms with Gasteiger partial charge in [-0.05, 0) is 38.3 Å². The minimum atomic E-state index is -1.36. The van der Waals surface area contributed by atoms with Gasteiger partial charge in [0, 0.05) is 17.7 Å². The largest absolute Gasteiger partial charge is 0.465 e. The predicted octanol–water partition coefficient (Wildman–Crippen LogP) is 3.07. The van der Waals surface area contributed by atoms with Crippen molar-refractivity contribution in [3.8, 4) is 0 Å². The molecule has 0 bridgehead atoms. The van der Waals surface area contributed by atoms with Gasteiger partial charge < -0.3 is 4.74 Å². The minimum absolute atomic E-state index is 0.105. The van der Waals surface area contributed by atoms with Crippen LogP contribution in [0.15, 0.2) is 36.4 Å². The zero-order chi connectivity index (χ0) is 16.3. The molecule has 0 heterocycles. The van der Waals surface area contributed by atoms with Gasteiger partial charge in [0.05, 0.1) is 11.5 Å². The number of nitrogens with zero attached hydrogens (tertiary/aromatic N) is 1. The van der Waals surface area contributed by atoms with Crippen LogP contribution >= 0.6 is 0 Å². The van der Waals surface area contributed by atoms with Crippen molar-refractivity contribution in [1.29, 1.82) is 0 Å². The topological polar surface area (TPSA) is 86.5 Å². The summed E-state index contributed by atoms with van der Waals surface area (Å²) in [4.78, 5) is 35.3. The summed E-state index contributed by atoms with van der Waals surface area (Å²) in [5, 5.41) is 10.7. The third-order valence-corrected chi connectivity index (χ3v) is 3.99. The Morgan fingerprint density at radius 1 is 1.36 bits per heavy atom. The van der Waals surface area contributed by atoms with E-state index in [0.717, 1.165) is 0 Å². The highest BCUT2D eigenvalue weighted by Crippen LogP contribution is 2.45. The molecule has 6 heteroatoms. The molecule has 2 rings (SSSR count). The van der Waals surface area contributed by atoms with Crippen molar-refractivity contribution in [3.63, 3.8) is 0 Å². The Bertz CT molecular complexity index is 634. The third kappa shape index (κ3) is 2.52. The van der Waals surface area contributed by atoms with E-state index in [1.165, 1.54) is 24.3 Å². The number of rotatable bonds is 5. The maximum absolute atomic E-state index is 12.8. The van der Waals surface area contributed by atoms with Crippen molar-refractivity contribution in [2.75, 3.05) is 6.61 Å². The van der Waals surface area contributed by atoms with E-state index < -0.39 is 22.1 Å². The highest BCUT2D eigenvalue weighted by Gasteiger charge is 2.52. The first-order valence-corrected chi connectivity index (χ1v) is 7.08. The quantitative estimate of drug-likeness (QED) is 0.208. The average Bonchev–Trinajstić information content (AvgIpc) is 2.89. The second-order valence-electron chi connectivity index (χ2n) is 5.22. The van der Waals surface area contributed by atoms with Crippen molar-refractivity contribution in [2.24, 2.45) is 5.41 Å². The summed E-state index contributed by atoms with van der Waals surface area (Å²) >= 11 is 0. The van der Waals surface area contributed by atoms with E-state index in [2.05, 4.69) is 6.58 Å². The molecular weight excluding hydrogens is 286 g/mol. The van der Waals surface area contributed by atoms with Crippen LogP contribution in [0.4, 0.5) is 5.69 Å². The molecule has 1 fully saturated rings. The lowest BCUT2D eigenvalue weighted by molar-refractivity contribution is -0.384. The summed E-state index contributed by atoms with van der Waals surface area (Å²) in [5.74, 6) is -0.982. The van der Waals surface area contributed by atoms with Gasteiger partial charge in [-0.1, -0.05) is 12.2 Å². The number of nitro groups is 1. The van der Waals surface area contributed by atoms with Crippen LogP contribution in [-0.2, 0) is 9.53 Å². The lowest BCUT2D eigenvalue weighted by atomic mass is 9.76. The maximum Gasteiger partial charge on any atom is 0.324 e. The number of ketones is 1. The minimum Gasteiger partial charge on any atom is -0.465 e. The van der Waals surface area contributed by atoms with Gasteiger partial charge in [-0.25, -0.2) is 0 Å². The first-order valence-electron chi connectivity index (χ1n) is 7.08. The molecule has 0 aliphatic heterocycles. The normalized spacial score (nSPS) is 20.7. The molecule has 1 aliphatic carbocycles. The molecule has 0 radical (unpaired) electrons. The Kier molecular flexibility index (Phi) is 4.40. The summed E-state index contributed by atoms with van der Waals surface area (Å²) in [7, 11) is 0. The Morgan fingerprint density at radius 3 is 2.45 bits per heavy atom. The van der Waals surface area contributed by atoms with Crippen molar-refractivity contribution >= 4 is 17.4 Å². The number of carbonyl (C=O) groups excluding carboxylic acids is 2. The highest BCUT2D eigenvalue weighted by atomic mass is 16.6. The van der Waals surface area contributed by atoms with E-state index in [1.807, 2.05) is 0 Å². The molecule has 6 nitrogen and oxygen atoms in total. The number of esters is 1. The molecule has 1 atom stereocenters. The van der Waals surface area contributed by atoms with Crippen molar-refractivity contribution in [3.05, 3.63) is 52.1 Å². The molecule has 22 heavy (non-hydrogen) atoms. The van der Waals surface area contributed by atoms with Gasteiger partial charge >= 0.3 is 5.97 Å². The predicted molar refractivity (Wildman–Crippen MR) is 79.5 cm³/mol. The van der Waals surface area contributed by atoms with E-state index in [-0.39, 0.29) is 17.9 Å². The zero-order valence-electron chi connectivity index (χ0n) is 12.3. The van der Waals surface area contributed by atoms with Gasteiger partial charge in [-0.3, -0.25) is 19.7 Å². The van der Waals surface area contributed by atoms with Crippen molar-refractivity contribution < 1.29 is 19.2 Å². The van der Waals surface area contributed by atoms with E-state index in [1.54, 1.807) is 6.92 Å². The smallest absolute Gasteiger partial charge is 0.324 e. The molecule has 0 spiro atoms. The number of ether oxygens (including phenoxy) is 1. The SMILES string of the molecule is C=C1CCC[C@]1(C(=O)OCC)C(=O)c1ccc([N+](=O)[O-])cc1. The van der Waals surface area contributed by atoms with Gasteiger partial charge in [-0.2, -0.15) is 0 Å². The standard InChI is InChI=1S/C16H17NO5/c1-3-22-15(19)16(10-4-5-11(16)2)14(18)12-6-8-13(9-7-12)17(20)21/h6-9H,2-5,10H2,1H3/t16-/m1/s1. The molecule has 0 amide bonds. The molecule has 1 aromatic rings. The van der Waals surface area contributed by atoms with Gasteiger partial charge in [-0.15, -0.1) is 0 Å². The number of non-ortho nitro benzene ring substituents is 1. The molecule has 1 aromatic carbocycles. The van der Waals surface area contributed by atoms with Crippen LogP contribution in [0.3, 0.4) is 0 Å². The van der Waals surface area contributed by atoms with Gasteiger partial charge in [0.15, 0.2) is 11.2 Å². The molecule has 1 saturated carbocycles. The lowest BCUT2D eigenvalue weighted by Gasteiger charge is -2.26. The Morgan fingerprint density at radius 2 is 2.00 bits per heavy atom. The number of carbonyl (C=O) groups is 2. The highest BCUT2D eigenvalue weighted by molar-refractivity contribution is 6.15. The summed E-state index contributed by atoms with van der Waals surface area (Å²) in [6, 6.07) is 5.24. The van der Waals surface area contributed by atoms with E-state index in [0.29, 0.717) is 24.8 Å². The second-order valence-corrected chi connectivity index (χ2v) is 5.22. The van der Waals surface area contributed by atoms with Crippen LogP contribution in [0.5, 0.6) is 0 Å². The fraction of sp³-hybridized carbons (Fsp3) is 0.375. The first kappa shape index (κ1) is 15.9. The Balaban J connectivity index is 2.40. The number of hydrogen-bond acceptors (Lipinski definition) is 5. The molecular formula is C16H17NO5. The number of Topliss-reactive ketones (excluding diaryl/α,β-unsaturated/α-hetero) is 1. The Labute approximate surface area is 127 Å². The van der Waals surface area contributed by atoms with Crippen molar-refractivity contribution in [2.45, 2.75) is 26.2 Å². The maximum atomic E-state index is 12.8.